The number of fused-ring (bicyclic) bond motifs is 1. The molecule has 2 aliphatic heterocycles. The zero-order chi connectivity index (χ0) is 16.0. The second-order valence-electron chi connectivity index (χ2n) is 5.88. The Kier molecular flexibility index (Phi) is 3.08. The lowest BCUT2D eigenvalue weighted by Gasteiger charge is -2.28. The minimum absolute atomic E-state index is 0.199. The van der Waals surface area contributed by atoms with E-state index in [4.69, 9.17) is 0 Å². The average Bonchev–Trinajstić information content (AvgIpc) is 3.14. The molecule has 1 atom stereocenters. The number of aryl methyl sites for hydroxylation is 1. The van der Waals surface area contributed by atoms with Gasteiger partial charge in [0.05, 0.1) is 0 Å². The third kappa shape index (κ3) is 2.34. The fourth-order valence-electron chi connectivity index (χ4n) is 3.07. The number of hydrogen-bond acceptors (Lipinski definition) is 3. The maximum atomic E-state index is 13.2. The lowest BCUT2D eigenvalue weighted by molar-refractivity contribution is 0.409. The van der Waals surface area contributed by atoms with E-state index < -0.39 is 0 Å². The molecule has 0 aliphatic carbocycles. The van der Waals surface area contributed by atoms with Gasteiger partial charge in [-0.25, -0.2) is 4.39 Å². The smallest absolute Gasteiger partial charge is 0.125 e. The van der Waals surface area contributed by atoms with E-state index in [0.717, 1.165) is 22.4 Å². The van der Waals surface area contributed by atoms with Crippen LogP contribution in [-0.2, 0) is 7.05 Å². The summed E-state index contributed by atoms with van der Waals surface area (Å²) in [5, 5.41) is 7.88. The van der Waals surface area contributed by atoms with Crippen molar-refractivity contribution in [2.45, 2.75) is 13.1 Å². The Labute approximate surface area is 134 Å². The standard InChI is InChI=1S/C18H17FN4/c1-12-9-14(10-23-8-7-20-18(12)23)16-11-22(2)21-17(16)13-3-5-15(19)6-4-13/h3-11,18,20H,1-2H3. The summed E-state index contributed by atoms with van der Waals surface area (Å²) in [6.07, 6.45) is 10.5. The highest BCUT2D eigenvalue weighted by atomic mass is 19.1. The van der Waals surface area contributed by atoms with Crippen molar-refractivity contribution in [3.63, 3.8) is 0 Å². The second-order valence-corrected chi connectivity index (χ2v) is 5.88. The molecule has 0 amide bonds. The fraction of sp³-hybridized carbons (Fsp3) is 0.167. The van der Waals surface area contributed by atoms with E-state index in [9.17, 15) is 4.39 Å². The Hall–Kier alpha value is -2.82. The Morgan fingerprint density at radius 3 is 2.78 bits per heavy atom. The van der Waals surface area contributed by atoms with Gasteiger partial charge in [-0.15, -0.1) is 0 Å². The van der Waals surface area contributed by atoms with Gasteiger partial charge in [0.1, 0.15) is 17.7 Å². The second kappa shape index (κ2) is 5.12. The van der Waals surface area contributed by atoms with Crippen molar-refractivity contribution in [1.29, 1.82) is 0 Å². The first kappa shape index (κ1) is 13.8. The van der Waals surface area contributed by atoms with Gasteiger partial charge in [0.25, 0.3) is 0 Å². The largest absolute Gasteiger partial charge is 0.366 e. The van der Waals surface area contributed by atoms with E-state index in [2.05, 4.69) is 34.5 Å². The number of benzene rings is 1. The normalized spacial score (nSPS) is 19.3. The maximum absolute atomic E-state index is 13.2. The molecule has 4 rings (SSSR count). The van der Waals surface area contributed by atoms with Crippen molar-refractivity contribution >= 4 is 5.57 Å². The summed E-state index contributed by atoms with van der Waals surface area (Å²) in [4.78, 5) is 2.14. The summed E-state index contributed by atoms with van der Waals surface area (Å²) in [7, 11) is 1.90. The molecule has 1 aromatic carbocycles. The number of rotatable bonds is 2. The third-order valence-corrected chi connectivity index (χ3v) is 4.16. The highest BCUT2D eigenvalue weighted by Gasteiger charge is 2.25. The van der Waals surface area contributed by atoms with E-state index in [1.807, 2.05) is 25.6 Å². The van der Waals surface area contributed by atoms with Gasteiger partial charge in [0.15, 0.2) is 0 Å². The lowest BCUT2D eigenvalue weighted by Crippen LogP contribution is -2.34. The summed E-state index contributed by atoms with van der Waals surface area (Å²) in [6.45, 7) is 2.11. The molecule has 0 saturated heterocycles. The van der Waals surface area contributed by atoms with E-state index in [0.29, 0.717) is 0 Å². The summed E-state index contributed by atoms with van der Waals surface area (Å²) in [5.41, 5.74) is 5.14. The van der Waals surface area contributed by atoms with Gasteiger partial charge in [-0.2, -0.15) is 5.10 Å². The highest BCUT2D eigenvalue weighted by molar-refractivity contribution is 5.84. The molecule has 2 aliphatic rings. The molecule has 4 nitrogen and oxygen atoms in total. The van der Waals surface area contributed by atoms with Gasteiger partial charge in [0, 0.05) is 48.5 Å². The van der Waals surface area contributed by atoms with Crippen LogP contribution in [0.25, 0.3) is 16.8 Å². The van der Waals surface area contributed by atoms with Crippen LogP contribution in [0, 0.1) is 5.82 Å². The Morgan fingerprint density at radius 2 is 2.00 bits per heavy atom. The van der Waals surface area contributed by atoms with E-state index in [1.54, 1.807) is 16.8 Å². The zero-order valence-corrected chi connectivity index (χ0v) is 13.0. The van der Waals surface area contributed by atoms with E-state index in [1.165, 1.54) is 17.7 Å². The molecule has 2 aromatic rings. The predicted octanol–water partition coefficient (Wildman–Crippen LogP) is 3.23. The first-order valence-electron chi connectivity index (χ1n) is 7.52. The maximum Gasteiger partial charge on any atom is 0.125 e. The van der Waals surface area contributed by atoms with Crippen LogP contribution in [0.3, 0.4) is 0 Å². The summed E-state index contributed by atoms with van der Waals surface area (Å²) in [5.74, 6) is -0.241. The molecule has 23 heavy (non-hydrogen) atoms. The van der Waals surface area contributed by atoms with E-state index in [-0.39, 0.29) is 12.0 Å². The van der Waals surface area contributed by atoms with Crippen LogP contribution in [0.15, 0.2) is 60.7 Å². The number of hydrogen-bond donors (Lipinski definition) is 1. The molecule has 5 heteroatoms. The molecule has 1 aromatic heterocycles. The van der Waals surface area contributed by atoms with Crippen molar-refractivity contribution in [2.24, 2.45) is 7.05 Å². The highest BCUT2D eigenvalue weighted by Crippen LogP contribution is 2.33. The minimum atomic E-state index is -0.241. The molecule has 1 unspecified atom stereocenters. The molecule has 3 heterocycles. The van der Waals surface area contributed by atoms with Crippen molar-refractivity contribution in [3.8, 4) is 11.3 Å². The van der Waals surface area contributed by atoms with Gasteiger partial charge in [-0.3, -0.25) is 4.68 Å². The molecule has 0 radical (unpaired) electrons. The molecule has 116 valence electrons. The van der Waals surface area contributed by atoms with Crippen LogP contribution in [-0.4, -0.2) is 20.8 Å². The van der Waals surface area contributed by atoms with Gasteiger partial charge in [0.2, 0.25) is 0 Å². The molecule has 0 spiro atoms. The number of allylic oxidation sites excluding steroid dienone is 2. The monoisotopic (exact) mass is 308 g/mol. The fourth-order valence-corrected chi connectivity index (χ4v) is 3.07. The van der Waals surface area contributed by atoms with Crippen molar-refractivity contribution < 1.29 is 4.39 Å². The summed E-state index contributed by atoms with van der Waals surface area (Å²) in [6, 6.07) is 6.46. The van der Waals surface area contributed by atoms with Crippen LogP contribution in [0.2, 0.25) is 0 Å². The van der Waals surface area contributed by atoms with Crippen LogP contribution in [0.1, 0.15) is 12.5 Å². The first-order chi connectivity index (χ1) is 11.1. The quantitative estimate of drug-likeness (QED) is 0.924. The van der Waals surface area contributed by atoms with Gasteiger partial charge in [-0.05, 0) is 42.8 Å². The first-order valence-corrected chi connectivity index (χ1v) is 7.52. The molecule has 0 bridgehead atoms. The predicted molar refractivity (Wildman–Crippen MR) is 88.2 cm³/mol. The third-order valence-electron chi connectivity index (χ3n) is 4.16. The van der Waals surface area contributed by atoms with Gasteiger partial charge >= 0.3 is 0 Å². The molecular formula is C18H17FN4. The number of nitrogens with one attached hydrogen (secondary N) is 1. The Morgan fingerprint density at radius 1 is 1.22 bits per heavy atom. The lowest BCUT2D eigenvalue weighted by atomic mass is 9.98. The van der Waals surface area contributed by atoms with Crippen LogP contribution in [0.4, 0.5) is 4.39 Å². The number of nitrogens with zero attached hydrogens (tertiary/aromatic N) is 3. The topological polar surface area (TPSA) is 33.1 Å². The van der Waals surface area contributed by atoms with Crippen molar-refractivity contribution in [2.75, 3.05) is 0 Å². The minimum Gasteiger partial charge on any atom is -0.366 e. The summed E-state index contributed by atoms with van der Waals surface area (Å²) < 4.78 is 15.0. The summed E-state index contributed by atoms with van der Waals surface area (Å²) >= 11 is 0. The van der Waals surface area contributed by atoms with Gasteiger partial charge < -0.3 is 10.2 Å². The molecule has 0 saturated carbocycles. The van der Waals surface area contributed by atoms with E-state index >= 15 is 0 Å². The van der Waals surface area contributed by atoms with Crippen molar-refractivity contribution in [3.05, 3.63) is 72.1 Å². The molecule has 1 N–H and O–H groups in total. The van der Waals surface area contributed by atoms with Crippen LogP contribution >= 0.6 is 0 Å². The SMILES string of the molecule is CC1=CC(c2cn(C)nc2-c2ccc(F)cc2)=CN2C=CNC12. The average molecular weight is 308 g/mol. The van der Waals surface area contributed by atoms with Gasteiger partial charge in [-0.1, -0.05) is 0 Å². The number of aromatic nitrogens is 2. The van der Waals surface area contributed by atoms with Crippen LogP contribution in [0.5, 0.6) is 0 Å². The molecular weight excluding hydrogens is 291 g/mol. The Bertz CT molecular complexity index is 842. The zero-order valence-electron chi connectivity index (χ0n) is 13.0. The van der Waals surface area contributed by atoms with Crippen LogP contribution < -0.4 is 5.32 Å². The molecule has 0 fully saturated rings. The number of halogens is 1. The van der Waals surface area contributed by atoms with Crippen molar-refractivity contribution in [1.82, 2.24) is 20.0 Å². The Balaban J connectivity index is 1.81.